The van der Waals surface area contributed by atoms with E-state index in [1.807, 2.05) is 18.2 Å². The minimum Gasteiger partial charge on any atom is -0.469 e. The maximum absolute atomic E-state index is 13.9. The lowest BCUT2D eigenvalue weighted by molar-refractivity contribution is -0.0521. The highest BCUT2D eigenvalue weighted by Crippen LogP contribution is 2.47. The molecule has 1 saturated carbocycles. The Bertz CT molecular complexity index is 845. The van der Waals surface area contributed by atoms with Crippen LogP contribution in [0.2, 0.25) is 0 Å². The molecule has 1 aliphatic heterocycles. The van der Waals surface area contributed by atoms with Crippen LogP contribution in [0.4, 0.5) is 4.39 Å². The SMILES string of the molecule is C=C1CCCC(CN2CCN(C)CC2)C(O)(Cc2cccc(F)c2)C1c1ccco1. The zero-order valence-corrected chi connectivity index (χ0v) is 17.9. The maximum Gasteiger partial charge on any atom is 0.123 e. The molecule has 3 unspecified atom stereocenters. The minimum absolute atomic E-state index is 0.0542. The Morgan fingerprint density at radius 3 is 2.70 bits per heavy atom. The summed E-state index contributed by atoms with van der Waals surface area (Å²) in [6, 6.07) is 10.4. The Kier molecular flexibility index (Phi) is 6.42. The van der Waals surface area contributed by atoms with Crippen LogP contribution in [0.3, 0.4) is 0 Å². The second-order valence-corrected chi connectivity index (χ2v) is 9.10. The molecule has 2 fully saturated rings. The molecule has 0 radical (unpaired) electrons. The van der Waals surface area contributed by atoms with Crippen molar-refractivity contribution in [1.29, 1.82) is 0 Å². The number of benzene rings is 1. The van der Waals surface area contributed by atoms with Gasteiger partial charge in [-0.3, -0.25) is 0 Å². The van der Waals surface area contributed by atoms with Gasteiger partial charge in [-0.2, -0.15) is 0 Å². The van der Waals surface area contributed by atoms with Gasteiger partial charge in [-0.25, -0.2) is 4.39 Å². The number of nitrogens with zero attached hydrogens (tertiary/aromatic N) is 2. The van der Waals surface area contributed by atoms with Crippen molar-refractivity contribution in [3.05, 3.63) is 72.0 Å². The summed E-state index contributed by atoms with van der Waals surface area (Å²) in [5.41, 5.74) is 0.736. The first-order chi connectivity index (χ1) is 14.5. The van der Waals surface area contributed by atoms with Crippen LogP contribution in [0, 0.1) is 11.7 Å². The Balaban J connectivity index is 1.69. The molecule has 5 heteroatoms. The third-order valence-electron chi connectivity index (χ3n) is 6.94. The molecule has 1 aliphatic carbocycles. The second kappa shape index (κ2) is 9.04. The van der Waals surface area contributed by atoms with E-state index in [9.17, 15) is 9.50 Å². The molecule has 4 rings (SSSR count). The average Bonchev–Trinajstić information content (AvgIpc) is 3.19. The predicted molar refractivity (Wildman–Crippen MR) is 117 cm³/mol. The van der Waals surface area contributed by atoms with Crippen molar-refractivity contribution < 1.29 is 13.9 Å². The van der Waals surface area contributed by atoms with Gasteiger partial charge in [0.15, 0.2) is 0 Å². The van der Waals surface area contributed by atoms with Crippen molar-refractivity contribution in [2.75, 3.05) is 39.8 Å². The molecule has 1 aromatic carbocycles. The molecule has 4 nitrogen and oxygen atoms in total. The fourth-order valence-corrected chi connectivity index (χ4v) is 5.27. The smallest absolute Gasteiger partial charge is 0.123 e. The molecule has 0 spiro atoms. The molecular formula is C25H33FN2O2. The third kappa shape index (κ3) is 4.53. The Morgan fingerprint density at radius 1 is 1.20 bits per heavy atom. The van der Waals surface area contributed by atoms with E-state index >= 15 is 0 Å². The van der Waals surface area contributed by atoms with Gasteiger partial charge in [-0.1, -0.05) is 24.3 Å². The molecule has 0 bridgehead atoms. The summed E-state index contributed by atoms with van der Waals surface area (Å²) >= 11 is 0. The summed E-state index contributed by atoms with van der Waals surface area (Å²) in [6.45, 7) is 9.29. The molecule has 162 valence electrons. The van der Waals surface area contributed by atoms with E-state index in [0.717, 1.165) is 68.9 Å². The molecule has 1 saturated heterocycles. The minimum atomic E-state index is -1.08. The number of hydrogen-bond donors (Lipinski definition) is 1. The molecule has 2 heterocycles. The van der Waals surface area contributed by atoms with Crippen molar-refractivity contribution in [3.8, 4) is 0 Å². The summed E-state index contributed by atoms with van der Waals surface area (Å²) in [5.74, 6) is 0.243. The van der Waals surface area contributed by atoms with E-state index in [2.05, 4.69) is 23.4 Å². The van der Waals surface area contributed by atoms with Crippen LogP contribution in [0.1, 0.15) is 36.5 Å². The quantitative estimate of drug-likeness (QED) is 0.593. The average molecular weight is 413 g/mol. The second-order valence-electron chi connectivity index (χ2n) is 9.10. The van der Waals surface area contributed by atoms with Gasteiger partial charge in [0, 0.05) is 45.1 Å². The van der Waals surface area contributed by atoms with Gasteiger partial charge >= 0.3 is 0 Å². The summed E-state index contributed by atoms with van der Waals surface area (Å²) in [7, 11) is 2.15. The van der Waals surface area contributed by atoms with E-state index in [0.29, 0.717) is 6.42 Å². The number of furan rings is 1. The van der Waals surface area contributed by atoms with Gasteiger partial charge in [0.1, 0.15) is 11.6 Å². The van der Waals surface area contributed by atoms with Crippen molar-refractivity contribution in [3.63, 3.8) is 0 Å². The van der Waals surface area contributed by atoms with E-state index in [4.69, 9.17) is 4.42 Å². The van der Waals surface area contributed by atoms with Crippen molar-refractivity contribution in [2.24, 2.45) is 5.92 Å². The zero-order valence-electron chi connectivity index (χ0n) is 17.9. The van der Waals surface area contributed by atoms with Gasteiger partial charge in [-0.15, -0.1) is 0 Å². The first kappa shape index (κ1) is 21.3. The fraction of sp³-hybridized carbons (Fsp3) is 0.520. The van der Waals surface area contributed by atoms with E-state index in [-0.39, 0.29) is 17.7 Å². The summed E-state index contributed by atoms with van der Waals surface area (Å²) in [5, 5.41) is 12.4. The van der Waals surface area contributed by atoms with E-state index in [1.54, 1.807) is 12.3 Å². The molecule has 1 N–H and O–H groups in total. The number of aliphatic hydroxyl groups is 1. The highest BCUT2D eigenvalue weighted by molar-refractivity contribution is 5.31. The Hall–Kier alpha value is -1.95. The van der Waals surface area contributed by atoms with Crippen LogP contribution in [0.25, 0.3) is 0 Å². The first-order valence-electron chi connectivity index (χ1n) is 11.0. The predicted octanol–water partition coefficient (Wildman–Crippen LogP) is 4.08. The Morgan fingerprint density at radius 2 is 2.00 bits per heavy atom. The number of piperazine rings is 1. The molecule has 1 aromatic heterocycles. The van der Waals surface area contributed by atoms with Gasteiger partial charge in [-0.05, 0) is 56.1 Å². The lowest BCUT2D eigenvalue weighted by Gasteiger charge is -2.44. The highest BCUT2D eigenvalue weighted by Gasteiger charge is 2.48. The van der Waals surface area contributed by atoms with Gasteiger partial charge in [0.2, 0.25) is 0 Å². The highest BCUT2D eigenvalue weighted by atomic mass is 19.1. The Labute approximate surface area is 179 Å². The summed E-state index contributed by atoms with van der Waals surface area (Å²) < 4.78 is 19.7. The molecule has 2 aliphatic rings. The van der Waals surface area contributed by atoms with Crippen molar-refractivity contribution in [2.45, 2.75) is 37.2 Å². The lowest BCUT2D eigenvalue weighted by Crippen LogP contribution is -2.53. The molecule has 3 atom stereocenters. The van der Waals surface area contributed by atoms with E-state index in [1.165, 1.54) is 12.1 Å². The number of halogens is 1. The topological polar surface area (TPSA) is 39.9 Å². The largest absolute Gasteiger partial charge is 0.469 e. The first-order valence-corrected chi connectivity index (χ1v) is 11.0. The number of hydrogen-bond acceptors (Lipinski definition) is 4. The van der Waals surface area contributed by atoms with Crippen LogP contribution < -0.4 is 0 Å². The number of rotatable bonds is 5. The lowest BCUT2D eigenvalue weighted by atomic mass is 9.70. The van der Waals surface area contributed by atoms with Crippen LogP contribution in [0.5, 0.6) is 0 Å². The van der Waals surface area contributed by atoms with E-state index < -0.39 is 5.60 Å². The van der Waals surface area contributed by atoms with Gasteiger partial charge < -0.3 is 19.3 Å². The molecule has 0 amide bonds. The third-order valence-corrected chi connectivity index (χ3v) is 6.94. The number of likely N-dealkylation sites (N-methyl/N-ethyl adjacent to an activating group) is 1. The fourth-order valence-electron chi connectivity index (χ4n) is 5.27. The summed E-state index contributed by atoms with van der Waals surface area (Å²) in [4.78, 5) is 4.81. The van der Waals surface area contributed by atoms with Gasteiger partial charge in [0.25, 0.3) is 0 Å². The standard InChI is InChI=1S/C25H33FN2O2/c1-19-6-3-8-21(18-28-13-11-27(2)12-14-28)25(29,24(19)23-10-5-15-30-23)17-20-7-4-9-22(26)16-20/h4-5,7,9-10,15-16,21,24,29H,1,3,6,8,11-14,17-18H2,2H3. The van der Waals surface area contributed by atoms with Crippen molar-refractivity contribution in [1.82, 2.24) is 9.80 Å². The molecule has 2 aromatic rings. The molecule has 30 heavy (non-hydrogen) atoms. The maximum atomic E-state index is 13.9. The zero-order chi connectivity index (χ0) is 21.1. The van der Waals surface area contributed by atoms with Crippen LogP contribution >= 0.6 is 0 Å². The van der Waals surface area contributed by atoms with Crippen LogP contribution in [-0.4, -0.2) is 60.3 Å². The van der Waals surface area contributed by atoms with Crippen LogP contribution in [0.15, 0.2) is 59.2 Å². The monoisotopic (exact) mass is 412 g/mol. The summed E-state index contributed by atoms with van der Waals surface area (Å²) in [6.07, 6.45) is 4.84. The van der Waals surface area contributed by atoms with Crippen LogP contribution in [-0.2, 0) is 6.42 Å². The molecular weight excluding hydrogens is 379 g/mol. The normalized spacial score (nSPS) is 29.1. The van der Waals surface area contributed by atoms with Gasteiger partial charge in [0.05, 0.1) is 17.8 Å². The van der Waals surface area contributed by atoms with Crippen molar-refractivity contribution >= 4 is 0 Å².